The van der Waals surface area contributed by atoms with Crippen LogP contribution in [0.3, 0.4) is 0 Å². The van der Waals surface area contributed by atoms with E-state index in [1.165, 1.54) is 24.0 Å². The standard InChI is InChI=1S/C24H29NO5S/c1-13(2)15-9-11-16(12-10-15)19-14(3)31-22(20(19)24(29)30-4)25-21(26)17-7-5-6-8-18(17)23(27)28/h9-13,17-18H,5-8H2,1-4H3,(H,25,26)(H,27,28)/t17-,18+/m0/s1. The molecule has 0 saturated heterocycles. The molecule has 1 amide bonds. The van der Waals surface area contributed by atoms with Crippen molar-refractivity contribution in [2.45, 2.75) is 52.4 Å². The normalized spacial score (nSPS) is 18.6. The number of benzene rings is 1. The number of carbonyl (C=O) groups is 3. The summed E-state index contributed by atoms with van der Waals surface area (Å²) in [4.78, 5) is 38.2. The van der Waals surface area contributed by atoms with Crippen molar-refractivity contribution in [2.24, 2.45) is 11.8 Å². The summed E-state index contributed by atoms with van der Waals surface area (Å²) >= 11 is 1.31. The number of carbonyl (C=O) groups excluding carboxylic acids is 2. The lowest BCUT2D eigenvalue weighted by atomic mass is 9.78. The zero-order chi connectivity index (χ0) is 22.7. The molecule has 0 spiro atoms. The van der Waals surface area contributed by atoms with Crippen molar-refractivity contribution < 1.29 is 24.2 Å². The quantitative estimate of drug-likeness (QED) is 0.578. The van der Waals surface area contributed by atoms with E-state index in [0.29, 0.717) is 29.3 Å². The highest BCUT2D eigenvalue weighted by Crippen LogP contribution is 2.41. The molecule has 1 aromatic heterocycles. The largest absolute Gasteiger partial charge is 0.481 e. The Morgan fingerprint density at radius 3 is 2.26 bits per heavy atom. The SMILES string of the molecule is COC(=O)c1c(NC(=O)[C@H]2CCCC[C@H]2C(=O)O)sc(C)c1-c1ccc(C(C)C)cc1. The third kappa shape index (κ3) is 4.82. The first-order valence-corrected chi connectivity index (χ1v) is 11.4. The monoisotopic (exact) mass is 443 g/mol. The van der Waals surface area contributed by atoms with Crippen molar-refractivity contribution in [1.29, 1.82) is 0 Å². The van der Waals surface area contributed by atoms with Gasteiger partial charge in [-0.1, -0.05) is 51.0 Å². The van der Waals surface area contributed by atoms with Gasteiger partial charge >= 0.3 is 11.9 Å². The summed E-state index contributed by atoms with van der Waals surface area (Å²) in [6, 6.07) is 8.03. The first-order chi connectivity index (χ1) is 14.7. The van der Waals surface area contributed by atoms with Crippen LogP contribution in [0.25, 0.3) is 11.1 Å². The van der Waals surface area contributed by atoms with Gasteiger partial charge in [-0.2, -0.15) is 0 Å². The zero-order valence-corrected chi connectivity index (χ0v) is 19.2. The summed E-state index contributed by atoms with van der Waals surface area (Å²) in [5.74, 6) is -2.72. The van der Waals surface area contributed by atoms with Gasteiger partial charge in [-0.3, -0.25) is 9.59 Å². The van der Waals surface area contributed by atoms with Gasteiger partial charge in [0.1, 0.15) is 10.6 Å². The van der Waals surface area contributed by atoms with Crippen molar-refractivity contribution in [1.82, 2.24) is 0 Å². The van der Waals surface area contributed by atoms with Gasteiger partial charge in [0.2, 0.25) is 5.91 Å². The van der Waals surface area contributed by atoms with Crippen molar-refractivity contribution >= 4 is 34.2 Å². The number of thiophene rings is 1. The van der Waals surface area contributed by atoms with Crippen LogP contribution in [-0.4, -0.2) is 30.1 Å². The zero-order valence-electron chi connectivity index (χ0n) is 18.4. The molecule has 0 radical (unpaired) electrons. The van der Waals surface area contributed by atoms with E-state index in [0.717, 1.165) is 28.8 Å². The molecule has 7 heteroatoms. The molecule has 6 nitrogen and oxygen atoms in total. The van der Waals surface area contributed by atoms with Gasteiger partial charge in [0.15, 0.2) is 0 Å². The number of amides is 1. The summed E-state index contributed by atoms with van der Waals surface area (Å²) in [6.07, 6.45) is 2.66. The van der Waals surface area contributed by atoms with Gasteiger partial charge in [-0.25, -0.2) is 4.79 Å². The van der Waals surface area contributed by atoms with Crippen molar-refractivity contribution in [3.63, 3.8) is 0 Å². The molecular formula is C24H29NO5S. The maximum Gasteiger partial charge on any atom is 0.341 e. The number of esters is 1. The number of carboxylic acids is 1. The van der Waals surface area contributed by atoms with Crippen LogP contribution in [0.15, 0.2) is 24.3 Å². The first kappa shape index (κ1) is 23.0. The Morgan fingerprint density at radius 1 is 1.10 bits per heavy atom. The summed E-state index contributed by atoms with van der Waals surface area (Å²) in [6.45, 7) is 6.14. The second-order valence-electron chi connectivity index (χ2n) is 8.33. The van der Waals surface area contributed by atoms with Crippen LogP contribution in [0.2, 0.25) is 0 Å². The van der Waals surface area contributed by atoms with Gasteiger partial charge in [-0.05, 0) is 36.8 Å². The maximum absolute atomic E-state index is 13.0. The van der Waals surface area contributed by atoms with Gasteiger partial charge in [0.25, 0.3) is 0 Å². The minimum absolute atomic E-state index is 0.318. The van der Waals surface area contributed by atoms with Crippen LogP contribution in [0.1, 0.15) is 66.2 Å². The van der Waals surface area contributed by atoms with E-state index < -0.39 is 23.8 Å². The number of aryl methyl sites for hydroxylation is 1. The average Bonchev–Trinajstić information content (AvgIpc) is 3.08. The van der Waals surface area contributed by atoms with Crippen LogP contribution in [0.5, 0.6) is 0 Å². The van der Waals surface area contributed by atoms with Gasteiger partial charge in [0.05, 0.1) is 18.9 Å². The fourth-order valence-electron chi connectivity index (χ4n) is 4.26. The summed E-state index contributed by atoms with van der Waals surface area (Å²) in [5.41, 5.74) is 3.13. The predicted molar refractivity (Wildman–Crippen MR) is 122 cm³/mol. The molecule has 1 aromatic carbocycles. The summed E-state index contributed by atoms with van der Waals surface area (Å²) < 4.78 is 5.02. The lowest BCUT2D eigenvalue weighted by Crippen LogP contribution is -2.36. The summed E-state index contributed by atoms with van der Waals surface area (Å²) in [7, 11) is 1.31. The number of anilines is 1. The molecule has 1 heterocycles. The van der Waals surface area contributed by atoms with E-state index in [1.807, 2.05) is 31.2 Å². The van der Waals surface area contributed by atoms with Crippen molar-refractivity contribution in [2.75, 3.05) is 12.4 Å². The first-order valence-electron chi connectivity index (χ1n) is 10.6. The van der Waals surface area contributed by atoms with Gasteiger partial charge < -0.3 is 15.2 Å². The third-order valence-electron chi connectivity index (χ3n) is 6.00. The van der Waals surface area contributed by atoms with E-state index in [9.17, 15) is 19.5 Å². The Labute approximate surface area is 186 Å². The van der Waals surface area contributed by atoms with Crippen LogP contribution in [-0.2, 0) is 14.3 Å². The molecule has 31 heavy (non-hydrogen) atoms. The topological polar surface area (TPSA) is 92.7 Å². The molecule has 2 aromatic rings. The Hall–Kier alpha value is -2.67. The second kappa shape index (κ2) is 9.64. The minimum Gasteiger partial charge on any atom is -0.481 e. The number of ether oxygens (including phenoxy) is 1. The predicted octanol–water partition coefficient (Wildman–Crippen LogP) is 5.46. The minimum atomic E-state index is -0.943. The maximum atomic E-state index is 13.0. The van der Waals surface area contributed by atoms with E-state index in [1.54, 1.807) is 0 Å². The average molecular weight is 444 g/mol. The molecular weight excluding hydrogens is 414 g/mol. The second-order valence-corrected chi connectivity index (χ2v) is 9.56. The molecule has 1 aliphatic carbocycles. The molecule has 166 valence electrons. The highest BCUT2D eigenvalue weighted by molar-refractivity contribution is 7.17. The van der Waals surface area contributed by atoms with Gasteiger partial charge in [0, 0.05) is 10.4 Å². The molecule has 1 fully saturated rings. The Morgan fingerprint density at radius 2 is 1.71 bits per heavy atom. The number of carboxylic acid groups (broad SMARTS) is 1. The number of nitrogens with one attached hydrogen (secondary N) is 1. The van der Waals surface area contributed by atoms with Crippen LogP contribution in [0.4, 0.5) is 5.00 Å². The molecule has 2 N–H and O–H groups in total. The van der Waals surface area contributed by atoms with E-state index in [-0.39, 0.29) is 5.91 Å². The number of methoxy groups -OCH3 is 1. The number of rotatable bonds is 6. The van der Waals surface area contributed by atoms with Crippen molar-refractivity contribution in [3.05, 3.63) is 40.3 Å². The van der Waals surface area contributed by atoms with Crippen LogP contribution >= 0.6 is 11.3 Å². The van der Waals surface area contributed by atoms with Gasteiger partial charge in [-0.15, -0.1) is 11.3 Å². The number of hydrogen-bond donors (Lipinski definition) is 2. The molecule has 1 aliphatic rings. The fraction of sp³-hybridized carbons (Fsp3) is 0.458. The third-order valence-corrected chi connectivity index (χ3v) is 7.02. The Bertz CT molecular complexity index is 977. The van der Waals surface area contributed by atoms with Crippen molar-refractivity contribution in [3.8, 4) is 11.1 Å². The molecule has 0 aliphatic heterocycles. The highest BCUT2D eigenvalue weighted by atomic mass is 32.1. The lowest BCUT2D eigenvalue weighted by Gasteiger charge is -2.27. The van der Waals surface area contributed by atoms with E-state index in [4.69, 9.17) is 4.74 Å². The Kier molecular flexibility index (Phi) is 7.15. The molecule has 2 atom stereocenters. The highest BCUT2D eigenvalue weighted by Gasteiger charge is 2.36. The Balaban J connectivity index is 1.97. The fourth-order valence-corrected chi connectivity index (χ4v) is 5.32. The van der Waals surface area contributed by atoms with Crippen LogP contribution in [0, 0.1) is 18.8 Å². The molecule has 3 rings (SSSR count). The number of hydrogen-bond acceptors (Lipinski definition) is 5. The molecule has 1 saturated carbocycles. The number of aliphatic carboxylic acids is 1. The van der Waals surface area contributed by atoms with Crippen LogP contribution < -0.4 is 5.32 Å². The summed E-state index contributed by atoms with van der Waals surface area (Å²) in [5, 5.41) is 12.8. The smallest absolute Gasteiger partial charge is 0.341 e. The van der Waals surface area contributed by atoms with E-state index >= 15 is 0 Å². The van der Waals surface area contributed by atoms with E-state index in [2.05, 4.69) is 19.2 Å². The molecule has 0 bridgehead atoms. The molecule has 0 unspecified atom stereocenters. The lowest BCUT2D eigenvalue weighted by molar-refractivity contribution is -0.147.